The van der Waals surface area contributed by atoms with E-state index in [-0.39, 0.29) is 0 Å². The molecule has 0 aliphatic heterocycles. The van der Waals surface area contributed by atoms with Crippen molar-refractivity contribution in [3.05, 3.63) is 30.1 Å². The maximum atomic E-state index is 8.99. The maximum Gasteiger partial charge on any atom is 0.143 e. The van der Waals surface area contributed by atoms with Crippen molar-refractivity contribution < 1.29 is 5.21 Å². The second-order valence-electron chi connectivity index (χ2n) is 3.52. The first kappa shape index (κ1) is 14.0. The van der Waals surface area contributed by atoms with Gasteiger partial charge in [-0.3, -0.25) is 4.98 Å². The lowest BCUT2D eigenvalue weighted by Gasteiger charge is -2.17. The molecule has 0 spiro atoms. The molecule has 0 aromatic carbocycles. The highest BCUT2D eigenvalue weighted by Crippen LogP contribution is 2.13. The van der Waals surface area contributed by atoms with E-state index in [0.29, 0.717) is 5.04 Å². The van der Waals surface area contributed by atoms with Crippen molar-refractivity contribution in [3.63, 3.8) is 0 Å². The van der Waals surface area contributed by atoms with E-state index in [9.17, 15) is 0 Å². The molecule has 0 aliphatic rings. The monoisotopic (exact) mass is 253 g/mol. The van der Waals surface area contributed by atoms with Crippen LogP contribution < -0.4 is 0 Å². The Kier molecular flexibility index (Phi) is 6.65. The fourth-order valence-corrected chi connectivity index (χ4v) is 2.38. The summed E-state index contributed by atoms with van der Waals surface area (Å²) >= 11 is 1.56. The molecular formula is C12H19N3OS. The average Bonchev–Trinajstić information content (AvgIpc) is 2.40. The highest BCUT2D eigenvalue weighted by Gasteiger charge is 2.06. The number of hydrogen-bond donors (Lipinski definition) is 1. The first-order chi connectivity index (χ1) is 8.31. The van der Waals surface area contributed by atoms with Gasteiger partial charge in [0, 0.05) is 30.3 Å². The predicted octanol–water partition coefficient (Wildman–Crippen LogP) is 2.29. The third-order valence-electron chi connectivity index (χ3n) is 2.56. The second kappa shape index (κ2) is 8.08. The molecule has 0 aliphatic carbocycles. The number of nitrogens with zero attached hydrogens (tertiary/aromatic N) is 3. The minimum Gasteiger partial charge on any atom is -0.410 e. The quantitative estimate of drug-likeness (QED) is 0.366. The van der Waals surface area contributed by atoms with Crippen LogP contribution in [0.15, 0.2) is 29.7 Å². The van der Waals surface area contributed by atoms with E-state index in [1.165, 1.54) is 0 Å². The van der Waals surface area contributed by atoms with Gasteiger partial charge in [-0.1, -0.05) is 19.0 Å². The van der Waals surface area contributed by atoms with Crippen LogP contribution in [0.5, 0.6) is 0 Å². The Morgan fingerprint density at radius 3 is 2.53 bits per heavy atom. The van der Waals surface area contributed by atoms with Gasteiger partial charge in [-0.05, 0) is 25.2 Å². The Balaban J connectivity index is 2.45. The zero-order chi connectivity index (χ0) is 12.5. The highest BCUT2D eigenvalue weighted by atomic mass is 32.2. The molecule has 0 saturated carbocycles. The van der Waals surface area contributed by atoms with Crippen molar-refractivity contribution in [3.8, 4) is 0 Å². The van der Waals surface area contributed by atoms with Gasteiger partial charge < -0.3 is 10.1 Å². The summed E-state index contributed by atoms with van der Waals surface area (Å²) in [5, 5.41) is 13.0. The summed E-state index contributed by atoms with van der Waals surface area (Å²) in [5.41, 5.74) is 0.909. The largest absolute Gasteiger partial charge is 0.410 e. The molecule has 5 heteroatoms. The van der Waals surface area contributed by atoms with Gasteiger partial charge in [0.25, 0.3) is 0 Å². The van der Waals surface area contributed by atoms with Crippen molar-refractivity contribution in [1.29, 1.82) is 0 Å². The Bertz CT molecular complexity index is 339. The van der Waals surface area contributed by atoms with Crippen molar-refractivity contribution in [2.24, 2.45) is 5.16 Å². The molecule has 1 aromatic heterocycles. The van der Waals surface area contributed by atoms with Gasteiger partial charge in [0.2, 0.25) is 0 Å². The standard InChI is InChI=1S/C12H19N3OS/c1-3-15(4-2)9-10-17-12(14-16)11-5-7-13-8-6-11/h5-8,16H,3-4,9-10H2,1-2H3/b14-12-. The van der Waals surface area contributed by atoms with Gasteiger partial charge in [0.1, 0.15) is 5.04 Å². The molecule has 17 heavy (non-hydrogen) atoms. The fourth-order valence-electron chi connectivity index (χ4n) is 1.48. The third-order valence-corrected chi connectivity index (χ3v) is 3.54. The number of oxime groups is 1. The number of pyridine rings is 1. The van der Waals surface area contributed by atoms with Crippen LogP contribution in [0.25, 0.3) is 0 Å². The number of aromatic nitrogens is 1. The molecule has 1 heterocycles. The van der Waals surface area contributed by atoms with E-state index in [0.717, 1.165) is 31.0 Å². The van der Waals surface area contributed by atoms with Gasteiger partial charge >= 0.3 is 0 Å². The molecule has 1 N–H and O–H groups in total. The van der Waals surface area contributed by atoms with E-state index < -0.39 is 0 Å². The summed E-state index contributed by atoms with van der Waals surface area (Å²) in [5.74, 6) is 0.920. The second-order valence-corrected chi connectivity index (χ2v) is 4.60. The van der Waals surface area contributed by atoms with Crippen LogP contribution >= 0.6 is 11.8 Å². The zero-order valence-corrected chi connectivity index (χ0v) is 11.2. The summed E-state index contributed by atoms with van der Waals surface area (Å²) in [4.78, 5) is 6.28. The third kappa shape index (κ3) is 4.75. The number of rotatable bonds is 6. The van der Waals surface area contributed by atoms with Crippen LogP contribution in [0.4, 0.5) is 0 Å². The molecule has 0 fully saturated rings. The van der Waals surface area contributed by atoms with Crippen molar-refractivity contribution in [2.75, 3.05) is 25.4 Å². The number of hydrogen-bond acceptors (Lipinski definition) is 5. The minimum atomic E-state index is 0.652. The average molecular weight is 253 g/mol. The topological polar surface area (TPSA) is 48.7 Å². The lowest BCUT2D eigenvalue weighted by atomic mass is 10.3. The smallest absolute Gasteiger partial charge is 0.143 e. The molecule has 0 radical (unpaired) electrons. The van der Waals surface area contributed by atoms with E-state index >= 15 is 0 Å². The maximum absolute atomic E-state index is 8.99. The van der Waals surface area contributed by atoms with Crippen molar-refractivity contribution in [2.45, 2.75) is 13.8 Å². The van der Waals surface area contributed by atoms with Gasteiger partial charge in [0.15, 0.2) is 0 Å². The fraction of sp³-hybridized carbons (Fsp3) is 0.500. The molecule has 0 bridgehead atoms. The number of thioether (sulfide) groups is 1. The lowest BCUT2D eigenvalue weighted by Crippen LogP contribution is -2.25. The predicted molar refractivity (Wildman–Crippen MR) is 72.8 cm³/mol. The molecule has 94 valence electrons. The molecule has 0 unspecified atom stereocenters. The van der Waals surface area contributed by atoms with Gasteiger partial charge in [0.05, 0.1) is 0 Å². The molecule has 1 rings (SSSR count). The first-order valence-electron chi connectivity index (χ1n) is 5.79. The summed E-state index contributed by atoms with van der Waals surface area (Å²) < 4.78 is 0. The first-order valence-corrected chi connectivity index (χ1v) is 6.78. The molecule has 1 aromatic rings. The van der Waals surface area contributed by atoms with Crippen LogP contribution in [0.1, 0.15) is 19.4 Å². The van der Waals surface area contributed by atoms with E-state index in [1.807, 2.05) is 12.1 Å². The van der Waals surface area contributed by atoms with E-state index in [2.05, 4.69) is 28.9 Å². The van der Waals surface area contributed by atoms with E-state index in [1.54, 1.807) is 24.2 Å². The van der Waals surface area contributed by atoms with Gasteiger partial charge in [-0.25, -0.2) is 0 Å². The summed E-state index contributed by atoms with van der Waals surface area (Å²) in [6, 6.07) is 3.69. The highest BCUT2D eigenvalue weighted by molar-refractivity contribution is 8.14. The lowest BCUT2D eigenvalue weighted by molar-refractivity contribution is 0.320. The minimum absolute atomic E-state index is 0.652. The Labute approximate surface area is 107 Å². The van der Waals surface area contributed by atoms with Gasteiger partial charge in [-0.15, -0.1) is 11.8 Å². The Morgan fingerprint density at radius 2 is 2.00 bits per heavy atom. The van der Waals surface area contributed by atoms with Crippen LogP contribution in [-0.2, 0) is 0 Å². The van der Waals surface area contributed by atoms with Gasteiger partial charge in [-0.2, -0.15) is 0 Å². The van der Waals surface area contributed by atoms with Crippen LogP contribution in [-0.4, -0.2) is 45.5 Å². The normalized spacial score (nSPS) is 12.1. The molecule has 4 nitrogen and oxygen atoms in total. The summed E-state index contributed by atoms with van der Waals surface area (Å²) in [6.45, 7) is 7.41. The molecule has 0 amide bonds. The Hall–Kier alpha value is -1.07. The van der Waals surface area contributed by atoms with Crippen molar-refractivity contribution in [1.82, 2.24) is 9.88 Å². The van der Waals surface area contributed by atoms with Crippen LogP contribution in [0, 0.1) is 0 Å². The zero-order valence-electron chi connectivity index (χ0n) is 10.3. The van der Waals surface area contributed by atoms with Crippen molar-refractivity contribution >= 4 is 16.8 Å². The SMILES string of the molecule is CCN(CC)CCS/C(=N\O)c1ccncc1. The van der Waals surface area contributed by atoms with E-state index in [4.69, 9.17) is 5.21 Å². The molecular weight excluding hydrogens is 234 g/mol. The van der Waals surface area contributed by atoms with Crippen LogP contribution in [0.3, 0.4) is 0 Å². The summed E-state index contributed by atoms with van der Waals surface area (Å²) in [6.07, 6.45) is 3.40. The Morgan fingerprint density at radius 1 is 1.35 bits per heavy atom. The summed E-state index contributed by atoms with van der Waals surface area (Å²) in [7, 11) is 0. The molecule has 0 saturated heterocycles. The van der Waals surface area contributed by atoms with Crippen LogP contribution in [0.2, 0.25) is 0 Å². The molecule has 0 atom stereocenters.